The summed E-state index contributed by atoms with van der Waals surface area (Å²) in [5.74, 6) is -0.304. The summed E-state index contributed by atoms with van der Waals surface area (Å²) in [6.07, 6.45) is 0. The van der Waals surface area contributed by atoms with Gasteiger partial charge in [0.1, 0.15) is 5.82 Å². The Hall–Kier alpha value is -1.38. The third kappa shape index (κ3) is 3.05. The standard InChI is InChI=1S/C9H8FNO.2C2H6/c1-11-5-6-4-7(10)2-3-8(6)9(11)12;2*1-2/h2-4H,5H2,1H3;2*1-2H3. The lowest BCUT2D eigenvalue weighted by molar-refractivity contribution is 0.0816. The molecule has 0 atom stereocenters. The highest BCUT2D eigenvalue weighted by Crippen LogP contribution is 2.21. The number of halogens is 1. The average molecular weight is 225 g/mol. The summed E-state index contributed by atoms with van der Waals surface area (Å²) in [4.78, 5) is 12.9. The summed E-state index contributed by atoms with van der Waals surface area (Å²) < 4.78 is 12.7. The molecule has 1 amide bonds. The molecule has 2 nitrogen and oxygen atoms in total. The molecule has 1 aliphatic heterocycles. The van der Waals surface area contributed by atoms with Gasteiger partial charge >= 0.3 is 0 Å². The van der Waals surface area contributed by atoms with Crippen LogP contribution in [0.5, 0.6) is 0 Å². The zero-order valence-corrected chi connectivity index (χ0v) is 10.7. The van der Waals surface area contributed by atoms with Crippen LogP contribution in [-0.2, 0) is 6.54 Å². The number of hydrogen-bond donors (Lipinski definition) is 0. The van der Waals surface area contributed by atoms with E-state index in [1.54, 1.807) is 11.9 Å². The van der Waals surface area contributed by atoms with E-state index in [1.165, 1.54) is 18.2 Å². The van der Waals surface area contributed by atoms with Gasteiger partial charge in [0.15, 0.2) is 0 Å². The molecule has 0 spiro atoms. The Balaban J connectivity index is 0.000000509. The van der Waals surface area contributed by atoms with Crippen molar-refractivity contribution in [3.05, 3.63) is 35.1 Å². The second-order valence-electron chi connectivity index (χ2n) is 2.96. The van der Waals surface area contributed by atoms with Gasteiger partial charge in [-0.2, -0.15) is 0 Å². The SMILES string of the molecule is CC.CC.CN1Cc2cc(F)ccc2C1=O. The molecule has 0 saturated heterocycles. The summed E-state index contributed by atoms with van der Waals surface area (Å²) in [5, 5.41) is 0. The third-order valence-corrected chi connectivity index (χ3v) is 2.05. The predicted molar refractivity (Wildman–Crippen MR) is 64.9 cm³/mol. The van der Waals surface area contributed by atoms with Gasteiger partial charge in [-0.05, 0) is 23.8 Å². The molecule has 0 fully saturated rings. The second kappa shape index (κ2) is 6.99. The van der Waals surface area contributed by atoms with E-state index in [4.69, 9.17) is 0 Å². The lowest BCUT2D eigenvalue weighted by Gasteiger charge is -2.04. The van der Waals surface area contributed by atoms with Crippen LogP contribution in [0.25, 0.3) is 0 Å². The molecule has 1 heterocycles. The molecule has 0 unspecified atom stereocenters. The van der Waals surface area contributed by atoms with Gasteiger partial charge in [-0.3, -0.25) is 4.79 Å². The zero-order chi connectivity index (χ0) is 12.7. The number of nitrogens with zero attached hydrogens (tertiary/aromatic N) is 1. The molecule has 0 aromatic heterocycles. The fourth-order valence-electron chi connectivity index (χ4n) is 1.43. The molecular weight excluding hydrogens is 205 g/mol. The molecule has 2 rings (SSSR count). The van der Waals surface area contributed by atoms with E-state index >= 15 is 0 Å². The Morgan fingerprint density at radius 2 is 1.75 bits per heavy atom. The van der Waals surface area contributed by atoms with Crippen LogP contribution in [0.2, 0.25) is 0 Å². The van der Waals surface area contributed by atoms with Crippen molar-refractivity contribution in [1.29, 1.82) is 0 Å². The Kier molecular flexibility index (Phi) is 6.38. The average Bonchev–Trinajstić information content (AvgIpc) is 2.60. The van der Waals surface area contributed by atoms with E-state index in [9.17, 15) is 9.18 Å². The summed E-state index contributed by atoms with van der Waals surface area (Å²) in [6, 6.07) is 4.27. The normalized spacial score (nSPS) is 12.1. The molecule has 1 aromatic rings. The molecule has 16 heavy (non-hydrogen) atoms. The van der Waals surface area contributed by atoms with Crippen LogP contribution in [0.3, 0.4) is 0 Å². The second-order valence-corrected chi connectivity index (χ2v) is 2.96. The first-order valence-corrected chi connectivity index (χ1v) is 5.72. The molecule has 0 saturated carbocycles. The number of carbonyl (C=O) groups is 1. The number of fused-ring (bicyclic) bond motifs is 1. The number of amides is 1. The highest BCUT2D eigenvalue weighted by Gasteiger charge is 2.23. The molecule has 0 radical (unpaired) electrons. The number of rotatable bonds is 0. The van der Waals surface area contributed by atoms with Gasteiger partial charge in [0.25, 0.3) is 5.91 Å². The van der Waals surface area contributed by atoms with Gasteiger partial charge in [-0.25, -0.2) is 4.39 Å². The third-order valence-electron chi connectivity index (χ3n) is 2.05. The molecule has 0 aliphatic carbocycles. The Bertz CT molecular complexity index is 350. The molecule has 3 heteroatoms. The monoisotopic (exact) mass is 225 g/mol. The minimum atomic E-state index is -0.281. The van der Waals surface area contributed by atoms with Crippen LogP contribution in [0.15, 0.2) is 18.2 Å². The number of benzene rings is 1. The Morgan fingerprint density at radius 1 is 1.19 bits per heavy atom. The molecule has 1 aliphatic rings. The van der Waals surface area contributed by atoms with Crippen LogP contribution in [0.4, 0.5) is 4.39 Å². The Morgan fingerprint density at radius 3 is 2.31 bits per heavy atom. The van der Waals surface area contributed by atoms with Crippen LogP contribution in [0.1, 0.15) is 43.6 Å². The first kappa shape index (κ1) is 14.6. The van der Waals surface area contributed by atoms with E-state index in [0.29, 0.717) is 12.1 Å². The summed E-state index contributed by atoms with van der Waals surface area (Å²) in [7, 11) is 1.71. The minimum absolute atomic E-state index is 0.0231. The molecule has 90 valence electrons. The predicted octanol–water partition coefficient (Wildman–Crippen LogP) is 3.46. The van der Waals surface area contributed by atoms with Crippen molar-refractivity contribution in [1.82, 2.24) is 4.90 Å². The van der Waals surface area contributed by atoms with Crippen LogP contribution in [-0.4, -0.2) is 17.9 Å². The van der Waals surface area contributed by atoms with E-state index < -0.39 is 0 Å². The quantitative estimate of drug-likeness (QED) is 0.662. The van der Waals surface area contributed by atoms with Gasteiger partial charge in [0.2, 0.25) is 0 Å². The molecule has 1 aromatic carbocycles. The van der Waals surface area contributed by atoms with Gasteiger partial charge < -0.3 is 4.90 Å². The largest absolute Gasteiger partial charge is 0.337 e. The van der Waals surface area contributed by atoms with Gasteiger partial charge in [0.05, 0.1) is 0 Å². The summed E-state index contributed by atoms with van der Waals surface area (Å²) >= 11 is 0. The van der Waals surface area contributed by atoms with Crippen LogP contribution >= 0.6 is 0 Å². The van der Waals surface area contributed by atoms with Crippen molar-refractivity contribution in [3.8, 4) is 0 Å². The van der Waals surface area contributed by atoms with Gasteiger partial charge in [-0.15, -0.1) is 0 Å². The van der Waals surface area contributed by atoms with Crippen molar-refractivity contribution in [3.63, 3.8) is 0 Å². The van der Waals surface area contributed by atoms with Gasteiger partial charge in [0, 0.05) is 19.2 Å². The van der Waals surface area contributed by atoms with Crippen LogP contribution < -0.4 is 0 Å². The lowest BCUT2D eigenvalue weighted by atomic mass is 10.1. The fraction of sp³-hybridized carbons (Fsp3) is 0.462. The Labute approximate surface area is 97.1 Å². The molecule has 0 N–H and O–H groups in total. The highest BCUT2D eigenvalue weighted by molar-refractivity contribution is 5.98. The number of carbonyl (C=O) groups excluding carboxylic acids is 1. The molecule has 0 bridgehead atoms. The van der Waals surface area contributed by atoms with Crippen LogP contribution in [0, 0.1) is 5.82 Å². The van der Waals surface area contributed by atoms with E-state index in [-0.39, 0.29) is 11.7 Å². The molecular formula is C13H20FNO. The van der Waals surface area contributed by atoms with Crippen molar-refractivity contribution in [2.45, 2.75) is 34.2 Å². The lowest BCUT2D eigenvalue weighted by Crippen LogP contribution is -2.17. The first-order chi connectivity index (χ1) is 7.68. The highest BCUT2D eigenvalue weighted by atomic mass is 19.1. The van der Waals surface area contributed by atoms with E-state index in [2.05, 4.69) is 0 Å². The maximum absolute atomic E-state index is 12.7. The van der Waals surface area contributed by atoms with E-state index in [0.717, 1.165) is 5.56 Å². The zero-order valence-electron chi connectivity index (χ0n) is 10.7. The minimum Gasteiger partial charge on any atom is -0.337 e. The van der Waals surface area contributed by atoms with Gasteiger partial charge in [-0.1, -0.05) is 27.7 Å². The maximum atomic E-state index is 12.7. The van der Waals surface area contributed by atoms with Crippen molar-refractivity contribution in [2.24, 2.45) is 0 Å². The smallest absolute Gasteiger partial charge is 0.254 e. The van der Waals surface area contributed by atoms with Crippen molar-refractivity contribution < 1.29 is 9.18 Å². The van der Waals surface area contributed by atoms with Crippen molar-refractivity contribution >= 4 is 5.91 Å². The van der Waals surface area contributed by atoms with E-state index in [1.807, 2.05) is 27.7 Å². The summed E-state index contributed by atoms with van der Waals surface area (Å²) in [5.41, 5.74) is 1.40. The summed E-state index contributed by atoms with van der Waals surface area (Å²) in [6.45, 7) is 8.52. The maximum Gasteiger partial charge on any atom is 0.254 e. The fourth-order valence-corrected chi connectivity index (χ4v) is 1.43. The first-order valence-electron chi connectivity index (χ1n) is 5.72. The number of hydrogen-bond acceptors (Lipinski definition) is 1. The topological polar surface area (TPSA) is 20.3 Å². The van der Waals surface area contributed by atoms with Crippen molar-refractivity contribution in [2.75, 3.05) is 7.05 Å².